The average molecular weight is 554 g/mol. The Morgan fingerprint density at radius 2 is 1.97 bits per heavy atom. The molecule has 4 nitrogen and oxygen atoms in total. The number of hydrogen-bond acceptors (Lipinski definition) is 3. The number of rotatable bonds is 11. The van der Waals surface area contributed by atoms with Gasteiger partial charge in [-0.2, -0.15) is 13.2 Å². The number of carbonyl (C=O) groups is 1. The van der Waals surface area contributed by atoms with Gasteiger partial charge in [0.25, 0.3) is 0 Å². The van der Waals surface area contributed by atoms with Crippen LogP contribution in [0.2, 0.25) is 10.0 Å². The summed E-state index contributed by atoms with van der Waals surface area (Å²) in [5.74, 6) is -0.285. The summed E-state index contributed by atoms with van der Waals surface area (Å²) in [6.07, 6.45) is 2.86. The Labute approximate surface area is 224 Å². The number of nitrogens with zero attached hydrogens (tertiary/aromatic N) is 1. The second-order valence-electron chi connectivity index (χ2n) is 8.90. The Hall–Kier alpha value is -2.74. The first-order valence-electron chi connectivity index (χ1n) is 11.8. The van der Waals surface area contributed by atoms with Crippen molar-refractivity contribution in [1.82, 2.24) is 4.90 Å². The molecular weight excluding hydrogens is 526 g/mol. The van der Waals surface area contributed by atoms with Crippen LogP contribution in [-0.2, 0) is 22.3 Å². The molecule has 1 unspecified atom stereocenters. The predicted molar refractivity (Wildman–Crippen MR) is 140 cm³/mol. The van der Waals surface area contributed by atoms with E-state index in [2.05, 4.69) is 4.90 Å². The van der Waals surface area contributed by atoms with Crippen LogP contribution in [0.5, 0.6) is 0 Å². The van der Waals surface area contributed by atoms with Crippen LogP contribution >= 0.6 is 23.2 Å². The molecule has 0 aliphatic heterocycles. The summed E-state index contributed by atoms with van der Waals surface area (Å²) in [5.41, 5.74) is 1.22. The van der Waals surface area contributed by atoms with Gasteiger partial charge in [0, 0.05) is 37.2 Å². The lowest BCUT2D eigenvalue weighted by Crippen LogP contribution is -2.29. The molecule has 2 aromatic carbocycles. The first-order valence-corrected chi connectivity index (χ1v) is 12.5. The fourth-order valence-corrected chi connectivity index (χ4v) is 4.64. The minimum Gasteiger partial charge on any atom is -0.498 e. The zero-order valence-electron chi connectivity index (χ0n) is 20.3. The van der Waals surface area contributed by atoms with Crippen LogP contribution in [0.25, 0.3) is 0 Å². The SMILES string of the molecule is CC(CN(CCCOC1=CC=CC(=CC(=O)O)C1)Cc1cccc(C(F)(F)F)c1Cl)c1cccc(Cl)c1. The Balaban J connectivity index is 1.68. The van der Waals surface area contributed by atoms with Crippen molar-refractivity contribution >= 4 is 29.2 Å². The number of ether oxygens (including phenoxy) is 1. The molecule has 0 aromatic heterocycles. The van der Waals surface area contributed by atoms with E-state index in [-0.39, 0.29) is 17.5 Å². The van der Waals surface area contributed by atoms with Crippen LogP contribution in [0, 0.1) is 0 Å². The maximum atomic E-state index is 13.4. The zero-order chi connectivity index (χ0) is 27.0. The first kappa shape index (κ1) is 28.8. The Bertz CT molecular complexity index is 1190. The van der Waals surface area contributed by atoms with Crippen LogP contribution in [0.3, 0.4) is 0 Å². The van der Waals surface area contributed by atoms with Gasteiger partial charge in [-0.15, -0.1) is 0 Å². The molecule has 0 radical (unpaired) electrons. The van der Waals surface area contributed by atoms with Crippen molar-refractivity contribution in [1.29, 1.82) is 0 Å². The largest absolute Gasteiger partial charge is 0.498 e. The van der Waals surface area contributed by atoms with Gasteiger partial charge in [0.1, 0.15) is 5.76 Å². The van der Waals surface area contributed by atoms with E-state index in [1.807, 2.05) is 25.1 Å². The number of hydrogen-bond donors (Lipinski definition) is 1. The highest BCUT2D eigenvalue weighted by Crippen LogP contribution is 2.36. The summed E-state index contributed by atoms with van der Waals surface area (Å²) < 4.78 is 46.0. The van der Waals surface area contributed by atoms with Crippen molar-refractivity contribution in [2.75, 3.05) is 19.7 Å². The molecule has 1 aliphatic rings. The summed E-state index contributed by atoms with van der Waals surface area (Å²) in [5, 5.41) is 9.28. The maximum Gasteiger partial charge on any atom is 0.417 e. The molecular formula is C28H28Cl2F3NO3. The second kappa shape index (κ2) is 13.2. The smallest absolute Gasteiger partial charge is 0.417 e. The molecule has 1 aliphatic carbocycles. The van der Waals surface area contributed by atoms with Gasteiger partial charge < -0.3 is 9.84 Å². The molecule has 1 atom stereocenters. The third-order valence-corrected chi connectivity index (χ3v) is 6.60. The van der Waals surface area contributed by atoms with E-state index in [9.17, 15) is 18.0 Å². The standard InChI is InChI=1S/C28H28Cl2F3NO3/c1-19(21-7-3-9-23(29)16-21)17-34(18-22-8-4-11-25(27(22)30)28(31,32)33)12-5-13-37-24-10-2-6-20(14-24)15-26(35)36/h2-4,6-11,15-16,19H,5,12-14,17-18H2,1H3,(H,35,36). The van der Waals surface area contributed by atoms with Gasteiger partial charge in [-0.3, -0.25) is 4.90 Å². The molecule has 0 fully saturated rings. The third-order valence-electron chi connectivity index (χ3n) is 5.91. The first-order chi connectivity index (χ1) is 17.5. The molecule has 0 amide bonds. The molecule has 3 rings (SSSR count). The number of aliphatic carboxylic acids is 1. The topological polar surface area (TPSA) is 49.8 Å². The van der Waals surface area contributed by atoms with Crippen molar-refractivity contribution in [2.24, 2.45) is 0 Å². The summed E-state index contributed by atoms with van der Waals surface area (Å²) in [4.78, 5) is 13.0. The molecule has 0 saturated heterocycles. The number of halogens is 5. The molecule has 37 heavy (non-hydrogen) atoms. The van der Waals surface area contributed by atoms with Crippen molar-refractivity contribution < 1.29 is 27.8 Å². The van der Waals surface area contributed by atoms with Gasteiger partial charge in [0.05, 0.1) is 17.2 Å². The second-order valence-corrected chi connectivity index (χ2v) is 9.71. The Morgan fingerprint density at radius 1 is 1.22 bits per heavy atom. The lowest BCUT2D eigenvalue weighted by atomic mass is 10.00. The van der Waals surface area contributed by atoms with Crippen LogP contribution < -0.4 is 0 Å². The highest BCUT2D eigenvalue weighted by Gasteiger charge is 2.34. The molecule has 2 aromatic rings. The summed E-state index contributed by atoms with van der Waals surface area (Å²) in [6, 6.07) is 11.5. The minimum absolute atomic E-state index is 0.0686. The summed E-state index contributed by atoms with van der Waals surface area (Å²) in [6.45, 7) is 3.78. The highest BCUT2D eigenvalue weighted by molar-refractivity contribution is 6.32. The Kier molecular flexibility index (Phi) is 10.3. The molecule has 0 saturated carbocycles. The van der Waals surface area contributed by atoms with E-state index in [0.717, 1.165) is 17.7 Å². The maximum absolute atomic E-state index is 13.4. The number of carboxylic acids is 1. The van der Waals surface area contributed by atoms with Crippen LogP contribution in [0.4, 0.5) is 13.2 Å². The highest BCUT2D eigenvalue weighted by atomic mass is 35.5. The van der Waals surface area contributed by atoms with Crippen molar-refractivity contribution in [3.63, 3.8) is 0 Å². The van der Waals surface area contributed by atoms with Gasteiger partial charge in [-0.25, -0.2) is 4.79 Å². The number of benzene rings is 2. The molecule has 9 heteroatoms. The zero-order valence-corrected chi connectivity index (χ0v) is 21.8. The quantitative estimate of drug-likeness (QED) is 0.227. The van der Waals surface area contributed by atoms with Gasteiger partial charge in [-0.05, 0) is 53.3 Å². The molecule has 0 spiro atoms. The fourth-order valence-electron chi connectivity index (χ4n) is 4.15. The lowest BCUT2D eigenvalue weighted by Gasteiger charge is -2.27. The minimum atomic E-state index is -4.53. The Morgan fingerprint density at radius 3 is 2.68 bits per heavy atom. The molecule has 198 valence electrons. The summed E-state index contributed by atoms with van der Waals surface area (Å²) in [7, 11) is 0. The van der Waals surface area contributed by atoms with Crippen molar-refractivity contribution in [3.05, 3.63) is 105 Å². The van der Waals surface area contributed by atoms with E-state index in [1.165, 1.54) is 6.07 Å². The van der Waals surface area contributed by atoms with Gasteiger partial charge >= 0.3 is 12.1 Å². The predicted octanol–water partition coefficient (Wildman–Crippen LogP) is 7.88. The van der Waals surface area contributed by atoms with E-state index in [0.29, 0.717) is 54.5 Å². The summed E-state index contributed by atoms with van der Waals surface area (Å²) >= 11 is 12.3. The number of alkyl halides is 3. The van der Waals surface area contributed by atoms with E-state index < -0.39 is 17.7 Å². The van der Waals surface area contributed by atoms with Crippen LogP contribution in [0.1, 0.15) is 42.4 Å². The lowest BCUT2D eigenvalue weighted by molar-refractivity contribution is -0.137. The number of allylic oxidation sites excluding steroid dienone is 4. The average Bonchev–Trinajstić information content (AvgIpc) is 2.82. The van der Waals surface area contributed by atoms with Gasteiger partial charge in [0.15, 0.2) is 0 Å². The normalized spacial score (nSPS) is 15.6. The molecule has 0 bridgehead atoms. The van der Waals surface area contributed by atoms with E-state index in [4.69, 9.17) is 33.0 Å². The van der Waals surface area contributed by atoms with Crippen molar-refractivity contribution in [3.8, 4) is 0 Å². The molecule has 0 heterocycles. The third kappa shape index (κ3) is 8.95. The van der Waals surface area contributed by atoms with Gasteiger partial charge in [-0.1, -0.05) is 66.5 Å². The van der Waals surface area contributed by atoms with Crippen LogP contribution in [0.15, 0.2) is 78.1 Å². The van der Waals surface area contributed by atoms with E-state index >= 15 is 0 Å². The van der Waals surface area contributed by atoms with Crippen LogP contribution in [-0.4, -0.2) is 35.7 Å². The molecule has 1 N–H and O–H groups in total. The van der Waals surface area contributed by atoms with Crippen molar-refractivity contribution in [2.45, 2.75) is 38.4 Å². The fraction of sp³-hybridized carbons (Fsp3) is 0.321. The monoisotopic (exact) mass is 553 g/mol. The van der Waals surface area contributed by atoms with E-state index in [1.54, 1.807) is 30.4 Å². The van der Waals surface area contributed by atoms with Gasteiger partial charge in [0.2, 0.25) is 0 Å². The number of carboxylic acid groups (broad SMARTS) is 1.